The van der Waals surface area contributed by atoms with E-state index in [1.807, 2.05) is 48.0 Å². The molecule has 1 aromatic carbocycles. The van der Waals surface area contributed by atoms with Gasteiger partial charge >= 0.3 is 5.97 Å². The highest BCUT2D eigenvalue weighted by Crippen LogP contribution is 2.31. The average molecular weight is 412 g/mol. The lowest BCUT2D eigenvalue weighted by atomic mass is 10.3. The molecule has 1 amide bonds. The number of anilines is 1. The molecule has 0 aliphatic heterocycles. The summed E-state index contributed by atoms with van der Waals surface area (Å²) in [5, 5.41) is 9.01. The van der Waals surface area contributed by atoms with Gasteiger partial charge in [0.1, 0.15) is 9.71 Å². The summed E-state index contributed by atoms with van der Waals surface area (Å²) in [5.74, 6) is -0.592. The minimum Gasteiger partial charge on any atom is -0.462 e. The number of aryl methyl sites for hydroxylation is 1. The van der Waals surface area contributed by atoms with Crippen molar-refractivity contribution in [1.82, 2.24) is 9.78 Å². The van der Waals surface area contributed by atoms with Crippen LogP contribution in [0.2, 0.25) is 0 Å². The van der Waals surface area contributed by atoms with Crippen LogP contribution in [0.4, 0.5) is 5.00 Å². The monoisotopic (exact) mass is 411 g/mol. The van der Waals surface area contributed by atoms with E-state index < -0.39 is 0 Å². The van der Waals surface area contributed by atoms with E-state index in [1.54, 1.807) is 19.1 Å². The lowest BCUT2D eigenvalue weighted by Crippen LogP contribution is -2.08. The molecule has 0 atom stereocenters. The van der Waals surface area contributed by atoms with Gasteiger partial charge < -0.3 is 10.1 Å². The van der Waals surface area contributed by atoms with Gasteiger partial charge in [0.2, 0.25) is 0 Å². The summed E-state index contributed by atoms with van der Waals surface area (Å²) in [7, 11) is 0. The summed E-state index contributed by atoms with van der Waals surface area (Å²) in [6.07, 6.45) is 0. The highest BCUT2D eigenvalue weighted by molar-refractivity contribution is 7.21. The number of hydrogen-bond acceptors (Lipinski definition) is 6. The highest BCUT2D eigenvalue weighted by atomic mass is 32.1. The van der Waals surface area contributed by atoms with Gasteiger partial charge in [-0.3, -0.25) is 4.79 Å². The van der Waals surface area contributed by atoms with Gasteiger partial charge in [-0.1, -0.05) is 18.2 Å². The third kappa shape index (κ3) is 3.44. The molecule has 8 heteroatoms. The second-order valence-corrected chi connectivity index (χ2v) is 8.12. The molecule has 0 aliphatic rings. The Labute approximate surface area is 169 Å². The number of nitrogens with zero attached hydrogens (tertiary/aromatic N) is 2. The summed E-state index contributed by atoms with van der Waals surface area (Å²) in [6, 6.07) is 15.0. The van der Waals surface area contributed by atoms with Crippen LogP contribution in [0.5, 0.6) is 0 Å². The first-order chi connectivity index (χ1) is 13.6. The Morgan fingerprint density at radius 1 is 1.11 bits per heavy atom. The van der Waals surface area contributed by atoms with Crippen molar-refractivity contribution in [3.8, 4) is 5.69 Å². The highest BCUT2D eigenvalue weighted by Gasteiger charge is 2.18. The number of carbonyl (C=O) groups excluding carboxylic acids is 2. The van der Waals surface area contributed by atoms with E-state index in [0.29, 0.717) is 21.4 Å². The number of nitrogens with one attached hydrogen (secondary N) is 1. The van der Waals surface area contributed by atoms with Crippen molar-refractivity contribution in [2.75, 3.05) is 11.9 Å². The second-order valence-electron chi connectivity index (χ2n) is 6.00. The normalized spacial score (nSPS) is 10.9. The molecule has 1 N–H and O–H groups in total. The predicted octanol–water partition coefficient (Wildman–Crippen LogP) is 4.89. The molecule has 3 heterocycles. The van der Waals surface area contributed by atoms with Crippen molar-refractivity contribution in [1.29, 1.82) is 0 Å². The SMILES string of the molecule is CCOC(=O)c1ccc(NC(=O)c2cc3c(C)nn(-c4ccccc4)c3s2)s1. The van der Waals surface area contributed by atoms with Crippen LogP contribution in [0.3, 0.4) is 0 Å². The van der Waals surface area contributed by atoms with Gasteiger partial charge in [0.25, 0.3) is 5.91 Å². The molecule has 28 heavy (non-hydrogen) atoms. The molecule has 0 spiro atoms. The fourth-order valence-corrected chi connectivity index (χ4v) is 4.67. The average Bonchev–Trinajstić information content (AvgIpc) is 3.40. The fraction of sp³-hybridized carbons (Fsp3) is 0.150. The molecule has 0 bridgehead atoms. The summed E-state index contributed by atoms with van der Waals surface area (Å²) in [4.78, 5) is 26.5. The Morgan fingerprint density at radius 3 is 2.64 bits per heavy atom. The van der Waals surface area contributed by atoms with Crippen molar-refractivity contribution >= 4 is 49.8 Å². The van der Waals surface area contributed by atoms with Gasteiger partial charge in [0.05, 0.1) is 27.9 Å². The van der Waals surface area contributed by atoms with Crippen LogP contribution in [-0.2, 0) is 4.74 Å². The summed E-state index contributed by atoms with van der Waals surface area (Å²) in [5.41, 5.74) is 1.82. The maximum absolute atomic E-state index is 12.7. The Balaban J connectivity index is 1.59. The first-order valence-corrected chi connectivity index (χ1v) is 10.3. The predicted molar refractivity (Wildman–Crippen MR) is 112 cm³/mol. The molecule has 0 fully saturated rings. The molecular weight excluding hydrogens is 394 g/mol. The van der Waals surface area contributed by atoms with Gasteiger partial charge in [0, 0.05) is 5.39 Å². The van der Waals surface area contributed by atoms with Crippen molar-refractivity contribution in [2.24, 2.45) is 0 Å². The smallest absolute Gasteiger partial charge is 0.348 e. The summed E-state index contributed by atoms with van der Waals surface area (Å²) < 4.78 is 6.84. The Morgan fingerprint density at radius 2 is 1.89 bits per heavy atom. The molecular formula is C20H17N3O3S2. The van der Waals surface area contributed by atoms with E-state index in [2.05, 4.69) is 10.4 Å². The molecule has 6 nitrogen and oxygen atoms in total. The maximum atomic E-state index is 12.7. The topological polar surface area (TPSA) is 73.2 Å². The molecule has 4 rings (SSSR count). The number of esters is 1. The Hall–Kier alpha value is -2.97. The standard InChI is InChI=1S/C20H17N3O3S2/c1-3-26-20(25)15-9-10-17(27-15)21-18(24)16-11-14-12(2)22-23(19(14)28-16)13-7-5-4-6-8-13/h4-11H,3H2,1-2H3,(H,21,24). The molecule has 0 radical (unpaired) electrons. The molecule has 0 saturated carbocycles. The van der Waals surface area contributed by atoms with E-state index in [4.69, 9.17) is 4.74 Å². The van der Waals surface area contributed by atoms with Crippen LogP contribution in [-0.4, -0.2) is 28.3 Å². The number of carbonyl (C=O) groups is 2. The third-order valence-electron chi connectivity index (χ3n) is 4.09. The molecule has 142 valence electrons. The zero-order valence-corrected chi connectivity index (χ0v) is 16.9. The number of benzene rings is 1. The zero-order chi connectivity index (χ0) is 19.7. The molecule has 3 aromatic heterocycles. The van der Waals surface area contributed by atoms with Gasteiger partial charge in [0.15, 0.2) is 0 Å². The number of hydrogen-bond donors (Lipinski definition) is 1. The van der Waals surface area contributed by atoms with Gasteiger partial charge in [-0.15, -0.1) is 22.7 Å². The minimum absolute atomic E-state index is 0.211. The quantitative estimate of drug-likeness (QED) is 0.475. The minimum atomic E-state index is -0.381. The number of aromatic nitrogens is 2. The van der Waals surface area contributed by atoms with E-state index in [0.717, 1.165) is 21.6 Å². The summed E-state index contributed by atoms with van der Waals surface area (Å²) >= 11 is 2.59. The Kier molecular flexibility index (Phi) is 4.97. The van der Waals surface area contributed by atoms with E-state index in [1.165, 1.54) is 22.7 Å². The maximum Gasteiger partial charge on any atom is 0.348 e. The zero-order valence-electron chi connectivity index (χ0n) is 15.3. The lowest BCUT2D eigenvalue weighted by Gasteiger charge is -2.02. The van der Waals surface area contributed by atoms with Crippen LogP contribution >= 0.6 is 22.7 Å². The van der Waals surface area contributed by atoms with E-state index in [9.17, 15) is 9.59 Å². The number of thiophene rings is 2. The van der Waals surface area contributed by atoms with Gasteiger partial charge in [-0.25, -0.2) is 9.48 Å². The fourth-order valence-electron chi connectivity index (χ4n) is 2.79. The number of ether oxygens (including phenoxy) is 1. The van der Waals surface area contributed by atoms with Gasteiger partial charge in [-0.2, -0.15) is 5.10 Å². The van der Waals surface area contributed by atoms with Crippen LogP contribution in [0, 0.1) is 6.92 Å². The van der Waals surface area contributed by atoms with E-state index in [-0.39, 0.29) is 11.9 Å². The second kappa shape index (κ2) is 7.57. The van der Waals surface area contributed by atoms with Crippen molar-refractivity contribution < 1.29 is 14.3 Å². The number of fused-ring (bicyclic) bond motifs is 1. The first-order valence-electron chi connectivity index (χ1n) is 8.69. The Bertz CT molecular complexity index is 1160. The number of rotatable bonds is 5. The molecule has 0 aliphatic carbocycles. The molecule has 4 aromatic rings. The van der Waals surface area contributed by atoms with Crippen LogP contribution < -0.4 is 5.32 Å². The largest absolute Gasteiger partial charge is 0.462 e. The van der Waals surface area contributed by atoms with Gasteiger partial charge in [-0.05, 0) is 44.2 Å². The van der Waals surface area contributed by atoms with Crippen molar-refractivity contribution in [3.63, 3.8) is 0 Å². The first kappa shape index (κ1) is 18.4. The lowest BCUT2D eigenvalue weighted by molar-refractivity contribution is 0.0532. The third-order valence-corrected chi connectivity index (χ3v) is 6.18. The van der Waals surface area contributed by atoms with Crippen molar-refractivity contribution in [3.05, 3.63) is 64.0 Å². The van der Waals surface area contributed by atoms with Crippen LogP contribution in [0.15, 0.2) is 48.5 Å². The number of amides is 1. The molecule has 0 unspecified atom stereocenters. The summed E-state index contributed by atoms with van der Waals surface area (Å²) in [6.45, 7) is 4.01. The molecule has 0 saturated heterocycles. The number of para-hydroxylation sites is 1. The van der Waals surface area contributed by atoms with E-state index >= 15 is 0 Å². The van der Waals surface area contributed by atoms with Crippen LogP contribution in [0.25, 0.3) is 15.9 Å². The van der Waals surface area contributed by atoms with Crippen molar-refractivity contribution in [2.45, 2.75) is 13.8 Å². The van der Waals surface area contributed by atoms with Crippen LogP contribution in [0.1, 0.15) is 32.0 Å².